The third-order valence-electron chi connectivity index (χ3n) is 4.58. The molecule has 3 aromatic carbocycles. The van der Waals surface area contributed by atoms with Gasteiger partial charge in [0.1, 0.15) is 0 Å². The van der Waals surface area contributed by atoms with Crippen LogP contribution in [-0.4, -0.2) is 10.8 Å². The lowest BCUT2D eigenvalue weighted by molar-refractivity contribution is 0.104. The van der Waals surface area contributed by atoms with Crippen molar-refractivity contribution in [2.75, 3.05) is 0 Å². The molecule has 0 spiro atoms. The summed E-state index contributed by atoms with van der Waals surface area (Å²) in [6.07, 6.45) is 1.76. The number of aromatic amines is 1. The van der Waals surface area contributed by atoms with Gasteiger partial charge in [-0.25, -0.2) is 0 Å². The van der Waals surface area contributed by atoms with Crippen molar-refractivity contribution in [3.05, 3.63) is 113 Å². The van der Waals surface area contributed by atoms with Crippen LogP contribution in [0.15, 0.2) is 91.0 Å². The summed E-state index contributed by atoms with van der Waals surface area (Å²) in [5.41, 5.74) is 5.88. The Bertz CT molecular complexity index is 1090. The van der Waals surface area contributed by atoms with Gasteiger partial charge in [-0.3, -0.25) is 4.79 Å². The largest absolute Gasteiger partial charge is 0.358 e. The predicted octanol–water partition coefficient (Wildman–Crippen LogP) is 5.79. The number of ketones is 1. The Morgan fingerprint density at radius 2 is 1.35 bits per heavy atom. The highest BCUT2D eigenvalue weighted by Crippen LogP contribution is 2.33. The number of hydrogen-bond acceptors (Lipinski definition) is 1. The lowest BCUT2D eigenvalue weighted by Gasteiger charge is -2.09. The van der Waals surface area contributed by atoms with E-state index in [9.17, 15) is 4.79 Å². The fourth-order valence-corrected chi connectivity index (χ4v) is 3.36. The maximum absolute atomic E-state index is 12.9. The zero-order valence-electron chi connectivity index (χ0n) is 14.6. The van der Waals surface area contributed by atoms with Gasteiger partial charge in [0.25, 0.3) is 0 Å². The molecule has 0 saturated heterocycles. The van der Waals surface area contributed by atoms with Crippen molar-refractivity contribution in [2.24, 2.45) is 0 Å². The summed E-state index contributed by atoms with van der Waals surface area (Å²) >= 11 is 0. The normalized spacial score (nSPS) is 11.7. The minimum Gasteiger partial charge on any atom is -0.358 e. The topological polar surface area (TPSA) is 32.9 Å². The van der Waals surface area contributed by atoms with E-state index in [2.05, 4.69) is 24.0 Å². The first-order chi connectivity index (χ1) is 12.7. The van der Waals surface area contributed by atoms with Crippen LogP contribution in [0, 0.1) is 6.92 Å². The van der Waals surface area contributed by atoms with Crippen molar-refractivity contribution in [1.29, 1.82) is 0 Å². The van der Waals surface area contributed by atoms with Crippen molar-refractivity contribution in [2.45, 2.75) is 6.92 Å². The molecule has 0 bridgehead atoms. The Morgan fingerprint density at radius 1 is 0.769 bits per heavy atom. The van der Waals surface area contributed by atoms with Gasteiger partial charge in [-0.2, -0.15) is 0 Å². The maximum atomic E-state index is 12.9. The molecule has 0 fully saturated rings. The summed E-state index contributed by atoms with van der Waals surface area (Å²) < 4.78 is 0. The Balaban J connectivity index is 1.93. The van der Waals surface area contributed by atoms with Gasteiger partial charge in [0.2, 0.25) is 0 Å². The van der Waals surface area contributed by atoms with E-state index < -0.39 is 0 Å². The quantitative estimate of drug-likeness (QED) is 0.371. The van der Waals surface area contributed by atoms with Gasteiger partial charge in [0, 0.05) is 27.7 Å². The molecule has 0 aliphatic carbocycles. The summed E-state index contributed by atoms with van der Waals surface area (Å²) in [7, 11) is 0. The van der Waals surface area contributed by atoms with Gasteiger partial charge in [0.05, 0.1) is 0 Å². The van der Waals surface area contributed by atoms with Gasteiger partial charge in [-0.1, -0.05) is 78.9 Å². The first kappa shape index (κ1) is 16.1. The molecule has 1 N–H and O–H groups in total. The SMILES string of the molecule is Cc1[nH]c2ccccc2c1C(=CC(=O)c1ccccc1)c1ccccc1. The average Bonchev–Trinajstić information content (AvgIpc) is 3.03. The molecular formula is C24H19NO. The molecule has 0 saturated carbocycles. The van der Waals surface area contributed by atoms with Crippen molar-refractivity contribution in [3.8, 4) is 0 Å². The molecule has 0 radical (unpaired) electrons. The minimum absolute atomic E-state index is 0.00846. The molecule has 0 amide bonds. The molecule has 0 unspecified atom stereocenters. The number of allylic oxidation sites excluding steroid dienone is 1. The van der Waals surface area contributed by atoms with Gasteiger partial charge in [-0.15, -0.1) is 0 Å². The number of rotatable bonds is 4. The zero-order chi connectivity index (χ0) is 17.9. The summed E-state index contributed by atoms with van der Waals surface area (Å²) in [4.78, 5) is 16.3. The summed E-state index contributed by atoms with van der Waals surface area (Å²) in [6.45, 7) is 2.05. The van der Waals surface area contributed by atoms with Gasteiger partial charge >= 0.3 is 0 Å². The number of para-hydroxylation sites is 1. The number of aromatic nitrogens is 1. The molecule has 126 valence electrons. The zero-order valence-corrected chi connectivity index (χ0v) is 14.6. The van der Waals surface area contributed by atoms with Crippen LogP contribution in [0.2, 0.25) is 0 Å². The highest BCUT2D eigenvalue weighted by Gasteiger charge is 2.16. The average molecular weight is 337 g/mol. The van der Waals surface area contributed by atoms with Gasteiger partial charge in [-0.05, 0) is 30.2 Å². The van der Waals surface area contributed by atoms with Gasteiger partial charge < -0.3 is 4.98 Å². The third-order valence-corrected chi connectivity index (χ3v) is 4.58. The number of nitrogens with one attached hydrogen (secondary N) is 1. The van der Waals surface area contributed by atoms with E-state index in [1.807, 2.05) is 72.8 Å². The summed E-state index contributed by atoms with van der Waals surface area (Å²) in [6, 6.07) is 27.7. The summed E-state index contributed by atoms with van der Waals surface area (Å²) in [5.74, 6) is 0.00846. The van der Waals surface area contributed by atoms with Crippen LogP contribution in [-0.2, 0) is 0 Å². The van der Waals surface area contributed by atoms with Crippen LogP contribution in [0.1, 0.15) is 27.2 Å². The minimum atomic E-state index is 0.00846. The Morgan fingerprint density at radius 3 is 2.04 bits per heavy atom. The lowest BCUT2D eigenvalue weighted by atomic mass is 9.93. The van der Waals surface area contributed by atoms with Crippen molar-refractivity contribution >= 4 is 22.3 Å². The van der Waals surface area contributed by atoms with E-state index in [4.69, 9.17) is 0 Å². The maximum Gasteiger partial charge on any atom is 0.186 e. The van der Waals surface area contributed by atoms with Crippen molar-refractivity contribution in [3.63, 3.8) is 0 Å². The second-order valence-electron chi connectivity index (χ2n) is 6.32. The summed E-state index contributed by atoms with van der Waals surface area (Å²) in [5, 5.41) is 1.13. The van der Waals surface area contributed by atoms with Crippen LogP contribution >= 0.6 is 0 Å². The van der Waals surface area contributed by atoms with E-state index in [1.54, 1.807) is 6.08 Å². The Kier molecular flexibility index (Phi) is 4.24. The molecule has 26 heavy (non-hydrogen) atoms. The number of carbonyl (C=O) groups excluding carboxylic acids is 1. The van der Waals surface area contributed by atoms with Crippen LogP contribution < -0.4 is 0 Å². The number of carbonyl (C=O) groups is 1. The molecule has 0 aliphatic rings. The van der Waals surface area contributed by atoms with Crippen LogP contribution in [0.5, 0.6) is 0 Å². The van der Waals surface area contributed by atoms with E-state index in [1.165, 1.54) is 0 Å². The number of aryl methyl sites for hydroxylation is 1. The molecule has 4 rings (SSSR count). The number of hydrogen-bond donors (Lipinski definition) is 1. The van der Waals surface area contributed by atoms with E-state index in [0.717, 1.165) is 33.3 Å². The third kappa shape index (κ3) is 2.98. The second-order valence-corrected chi connectivity index (χ2v) is 6.32. The molecule has 2 nitrogen and oxygen atoms in total. The predicted molar refractivity (Wildman–Crippen MR) is 107 cm³/mol. The van der Waals surface area contributed by atoms with Gasteiger partial charge in [0.15, 0.2) is 5.78 Å². The Hall–Kier alpha value is -3.39. The Labute approximate surface area is 152 Å². The molecule has 0 aliphatic heterocycles. The second kappa shape index (κ2) is 6.85. The number of benzene rings is 3. The van der Waals surface area contributed by atoms with Crippen LogP contribution in [0.4, 0.5) is 0 Å². The smallest absolute Gasteiger partial charge is 0.186 e. The molecular weight excluding hydrogens is 318 g/mol. The fraction of sp³-hybridized carbons (Fsp3) is 0.0417. The monoisotopic (exact) mass is 337 g/mol. The number of H-pyrrole nitrogens is 1. The van der Waals surface area contributed by atoms with E-state index >= 15 is 0 Å². The number of fused-ring (bicyclic) bond motifs is 1. The van der Waals surface area contributed by atoms with Crippen molar-refractivity contribution in [1.82, 2.24) is 4.98 Å². The highest BCUT2D eigenvalue weighted by molar-refractivity contribution is 6.12. The molecule has 0 atom stereocenters. The first-order valence-electron chi connectivity index (χ1n) is 8.68. The standard InChI is InChI=1S/C24H19NO/c1-17-24(20-14-8-9-15-22(20)25-17)21(18-10-4-2-5-11-18)16-23(26)19-12-6-3-7-13-19/h2-16,25H,1H3. The molecule has 1 aromatic heterocycles. The van der Waals surface area contributed by atoms with E-state index in [0.29, 0.717) is 5.56 Å². The molecule has 4 aromatic rings. The first-order valence-corrected chi connectivity index (χ1v) is 8.68. The van der Waals surface area contributed by atoms with Crippen LogP contribution in [0.25, 0.3) is 16.5 Å². The molecule has 2 heteroatoms. The van der Waals surface area contributed by atoms with Crippen LogP contribution in [0.3, 0.4) is 0 Å². The fourth-order valence-electron chi connectivity index (χ4n) is 3.36. The molecule has 1 heterocycles. The van der Waals surface area contributed by atoms with E-state index in [-0.39, 0.29) is 5.78 Å². The highest BCUT2D eigenvalue weighted by atomic mass is 16.1. The lowest BCUT2D eigenvalue weighted by Crippen LogP contribution is -1.98. The van der Waals surface area contributed by atoms with Crippen molar-refractivity contribution < 1.29 is 4.79 Å².